The second-order valence-corrected chi connectivity index (χ2v) is 25.9. The standard InChI is InChI=1S/C53H86O22/c1-48(2)14-16-53(47(67)75-46-40(65)37(62)34(59)28(72-46)22-69-43-38(63)35(60)32(57)26(19-54)70-43)17-15-51(6)23(24(53)18-48)8-9-30-50(5)12-11-31(49(3,4)29(50)10-13-52(30,51)7)73-44-41(66)42(25(56)21-68-44)74-45-39(64)36(61)33(58)27(20-55)71-45/h8,24-46,54-66H,9-22H2,1-7H3/t24-,25-,26+,27+,28+,29-,30+,31-,32+,33+,34+,35-,36-,37-,38+,39+,40+,41+,42-,43+,44-,45-,46-,50-,51+,52+,53-/m0/s1. The molecule has 75 heavy (non-hydrogen) atoms. The molecule has 0 aromatic carbocycles. The van der Waals surface area contributed by atoms with Crippen LogP contribution in [0.15, 0.2) is 11.6 Å². The zero-order valence-electron chi connectivity index (χ0n) is 44.2. The summed E-state index contributed by atoms with van der Waals surface area (Å²) in [7, 11) is 0. The lowest BCUT2D eigenvalue weighted by Gasteiger charge is -2.71. The number of aliphatic hydroxyl groups excluding tert-OH is 13. The Morgan fingerprint density at radius 1 is 0.600 bits per heavy atom. The van der Waals surface area contributed by atoms with Gasteiger partial charge in [0.25, 0.3) is 0 Å². The quantitative estimate of drug-likeness (QED) is 0.0643. The molecule has 4 heterocycles. The molecule has 0 bridgehead atoms. The lowest BCUT2D eigenvalue weighted by atomic mass is 9.33. The number of hydrogen-bond donors (Lipinski definition) is 13. The predicted octanol–water partition coefficient (Wildman–Crippen LogP) is -1.40. The smallest absolute Gasteiger partial charge is 0.315 e. The monoisotopic (exact) mass is 1070 g/mol. The highest BCUT2D eigenvalue weighted by Gasteiger charge is 2.70. The van der Waals surface area contributed by atoms with Gasteiger partial charge in [-0.25, -0.2) is 0 Å². The molecule has 8 fully saturated rings. The summed E-state index contributed by atoms with van der Waals surface area (Å²) < 4.78 is 47.1. The molecule has 5 aliphatic carbocycles. The summed E-state index contributed by atoms with van der Waals surface area (Å²) >= 11 is 0. The van der Waals surface area contributed by atoms with Crippen LogP contribution in [-0.4, -0.2) is 222 Å². The highest BCUT2D eigenvalue weighted by Crippen LogP contribution is 2.76. The summed E-state index contributed by atoms with van der Waals surface area (Å²) in [5.74, 6) is -0.352. The third-order valence-electron chi connectivity index (χ3n) is 21.0. The minimum Gasteiger partial charge on any atom is -0.432 e. The second-order valence-electron chi connectivity index (χ2n) is 25.9. The first-order chi connectivity index (χ1) is 35.1. The van der Waals surface area contributed by atoms with E-state index in [0.717, 1.165) is 32.1 Å². The van der Waals surface area contributed by atoms with Crippen molar-refractivity contribution in [1.82, 2.24) is 0 Å². The van der Waals surface area contributed by atoms with E-state index < -0.39 is 153 Å². The Labute approximate surface area is 437 Å². The van der Waals surface area contributed by atoms with Gasteiger partial charge < -0.3 is 104 Å². The average molecular weight is 1080 g/mol. The Hall–Kier alpha value is -1.59. The normalized spacial score (nSPS) is 53.5. The van der Waals surface area contributed by atoms with Gasteiger partial charge in [0.1, 0.15) is 91.6 Å². The maximum Gasteiger partial charge on any atom is 0.315 e. The van der Waals surface area contributed by atoms with E-state index in [1.54, 1.807) is 0 Å². The molecule has 27 atom stereocenters. The molecule has 0 radical (unpaired) electrons. The summed E-state index contributed by atoms with van der Waals surface area (Å²) in [6.45, 7) is 13.9. The summed E-state index contributed by atoms with van der Waals surface area (Å²) in [5, 5.41) is 137. The van der Waals surface area contributed by atoms with Crippen LogP contribution in [0.1, 0.15) is 113 Å². The van der Waals surface area contributed by atoms with Crippen molar-refractivity contribution in [3.8, 4) is 0 Å². The van der Waals surface area contributed by atoms with E-state index in [0.29, 0.717) is 32.1 Å². The predicted molar refractivity (Wildman–Crippen MR) is 257 cm³/mol. The van der Waals surface area contributed by atoms with Crippen molar-refractivity contribution < 1.29 is 109 Å². The topological polar surface area (TPSA) is 354 Å². The first-order valence-corrected chi connectivity index (χ1v) is 27.2. The number of fused-ring (bicyclic) bond motifs is 7. The van der Waals surface area contributed by atoms with Crippen LogP contribution in [0, 0.1) is 50.2 Å². The van der Waals surface area contributed by atoms with Crippen molar-refractivity contribution in [2.24, 2.45) is 50.2 Å². The van der Waals surface area contributed by atoms with Gasteiger partial charge in [-0.2, -0.15) is 0 Å². The van der Waals surface area contributed by atoms with E-state index in [1.807, 2.05) is 0 Å². The van der Waals surface area contributed by atoms with E-state index >= 15 is 4.79 Å². The highest BCUT2D eigenvalue weighted by atomic mass is 16.8. The van der Waals surface area contributed by atoms with Gasteiger partial charge in [-0.1, -0.05) is 60.1 Å². The van der Waals surface area contributed by atoms with Crippen LogP contribution in [0.2, 0.25) is 0 Å². The molecule has 0 unspecified atom stereocenters. The summed E-state index contributed by atoms with van der Waals surface area (Å²) in [5.41, 5.74) is -0.942. The number of esters is 1. The van der Waals surface area contributed by atoms with E-state index in [-0.39, 0.29) is 52.1 Å². The van der Waals surface area contributed by atoms with Crippen LogP contribution >= 0.6 is 0 Å². The van der Waals surface area contributed by atoms with Gasteiger partial charge >= 0.3 is 5.97 Å². The molecule has 9 rings (SSSR count). The Kier molecular flexibility index (Phi) is 16.3. The summed E-state index contributed by atoms with van der Waals surface area (Å²) in [6, 6.07) is 0. The summed E-state index contributed by atoms with van der Waals surface area (Å²) in [4.78, 5) is 15.0. The molecular weight excluding hydrogens is 989 g/mol. The van der Waals surface area contributed by atoms with Crippen molar-refractivity contribution >= 4 is 5.97 Å². The zero-order chi connectivity index (χ0) is 54.7. The molecule has 4 saturated carbocycles. The van der Waals surface area contributed by atoms with Crippen LogP contribution < -0.4 is 0 Å². The molecule has 4 saturated heterocycles. The van der Waals surface area contributed by atoms with Gasteiger partial charge in [-0.3, -0.25) is 4.79 Å². The van der Waals surface area contributed by atoms with E-state index in [2.05, 4.69) is 54.5 Å². The maximum atomic E-state index is 15.0. The van der Waals surface area contributed by atoms with E-state index in [9.17, 15) is 66.4 Å². The molecule has 13 N–H and O–H groups in total. The minimum atomic E-state index is -1.82. The number of allylic oxidation sites excluding steroid dienone is 2. The lowest BCUT2D eigenvalue weighted by molar-refractivity contribution is -0.357. The second kappa shape index (κ2) is 21.1. The van der Waals surface area contributed by atoms with Gasteiger partial charge in [-0.05, 0) is 109 Å². The van der Waals surface area contributed by atoms with Gasteiger partial charge in [0, 0.05) is 0 Å². The van der Waals surface area contributed by atoms with Crippen LogP contribution in [0.3, 0.4) is 0 Å². The molecule has 0 spiro atoms. The van der Waals surface area contributed by atoms with Crippen LogP contribution in [0.25, 0.3) is 0 Å². The number of ether oxygens (including phenoxy) is 8. The van der Waals surface area contributed by atoms with E-state index in [1.165, 1.54) is 5.57 Å². The molecule has 22 nitrogen and oxygen atoms in total. The third-order valence-corrected chi connectivity index (χ3v) is 21.0. The zero-order valence-corrected chi connectivity index (χ0v) is 44.2. The number of carbonyl (C=O) groups is 1. The first kappa shape index (κ1) is 58.1. The highest BCUT2D eigenvalue weighted by molar-refractivity contribution is 5.79. The Morgan fingerprint density at radius 2 is 1.17 bits per heavy atom. The first-order valence-electron chi connectivity index (χ1n) is 27.2. The number of rotatable bonds is 11. The van der Waals surface area contributed by atoms with Gasteiger partial charge in [0.05, 0.1) is 37.9 Å². The molecule has 9 aliphatic rings. The molecule has 0 aromatic heterocycles. The summed E-state index contributed by atoms with van der Waals surface area (Å²) in [6.07, 6.45) is -20.6. The Balaban J connectivity index is 0.903. The number of aliphatic hydroxyl groups is 13. The fourth-order valence-electron chi connectivity index (χ4n) is 16.2. The van der Waals surface area contributed by atoms with E-state index in [4.69, 9.17) is 37.9 Å². The SMILES string of the molecule is CC1(C)CC[C@]2(C(=O)O[C@@H]3O[C@H](CO[C@@H]4O[C@H](CO)[C@@H](O)[C@H](O)[C@H]4O)[C@@H](O)[C@H](O)[C@H]3O)CC[C@]3(C)C(=CC[C@@H]4[C@@]5(C)CC[C@H](O[C@@H]6OC[C@H](O)[C@H](O[C@@H]7O[C@H](CO)[C@@H](O)[C@H](O)[C@H]7O)[C@H]6O)C(C)(C)[C@@H]5CC[C@]43C)[C@@H]2C1. The van der Waals surface area contributed by atoms with Gasteiger partial charge in [-0.15, -0.1) is 0 Å². The molecular formula is C53H86O22. The van der Waals surface area contributed by atoms with Gasteiger partial charge in [0.2, 0.25) is 6.29 Å². The van der Waals surface area contributed by atoms with Crippen molar-refractivity contribution in [2.75, 3.05) is 26.4 Å². The fraction of sp³-hybridized carbons (Fsp3) is 0.943. The molecule has 430 valence electrons. The Bertz CT molecular complexity index is 2060. The largest absolute Gasteiger partial charge is 0.432 e. The van der Waals surface area contributed by atoms with Crippen LogP contribution in [0.5, 0.6) is 0 Å². The number of carbonyl (C=O) groups excluding carboxylic acids is 1. The number of hydrogen-bond acceptors (Lipinski definition) is 22. The van der Waals surface area contributed by atoms with Crippen molar-refractivity contribution in [2.45, 2.75) is 235 Å². The minimum absolute atomic E-state index is 0.120. The lowest BCUT2D eigenvalue weighted by Crippen LogP contribution is -2.66. The fourth-order valence-corrected chi connectivity index (χ4v) is 16.2. The average Bonchev–Trinajstić information content (AvgIpc) is 3.37. The molecule has 0 amide bonds. The van der Waals surface area contributed by atoms with Crippen LogP contribution in [0.4, 0.5) is 0 Å². The van der Waals surface area contributed by atoms with Crippen LogP contribution in [-0.2, 0) is 42.7 Å². The molecule has 22 heteroatoms. The Morgan fingerprint density at radius 3 is 1.81 bits per heavy atom. The third kappa shape index (κ3) is 9.60. The van der Waals surface area contributed by atoms with Crippen molar-refractivity contribution in [3.63, 3.8) is 0 Å². The van der Waals surface area contributed by atoms with Crippen molar-refractivity contribution in [3.05, 3.63) is 11.6 Å². The van der Waals surface area contributed by atoms with Gasteiger partial charge in [0.15, 0.2) is 18.9 Å². The molecule has 0 aromatic rings. The van der Waals surface area contributed by atoms with Crippen molar-refractivity contribution in [1.29, 1.82) is 0 Å². The maximum absolute atomic E-state index is 15.0. The molecule has 4 aliphatic heterocycles.